The van der Waals surface area contributed by atoms with Crippen LogP contribution in [-0.2, 0) is 13.7 Å². The summed E-state index contributed by atoms with van der Waals surface area (Å²) in [4.78, 5) is 0. The van der Waals surface area contributed by atoms with Crippen LogP contribution in [0, 0.1) is 0 Å². The molecule has 0 aromatic rings. The van der Waals surface area contributed by atoms with Crippen LogP contribution in [0.3, 0.4) is 0 Å². The number of hydrogen-bond donors (Lipinski definition) is 0. The van der Waals surface area contributed by atoms with Crippen molar-refractivity contribution in [2.75, 3.05) is 7.11 Å². The summed E-state index contributed by atoms with van der Waals surface area (Å²) in [5, 5.41) is 0. The second kappa shape index (κ2) is 6.57. The van der Waals surface area contributed by atoms with Gasteiger partial charge in [-0.15, -0.1) is 6.58 Å². The molecule has 1 aliphatic heterocycles. The molecule has 0 amide bonds. The quantitative estimate of drug-likeness (QED) is 0.505. The fraction of sp³-hybridized carbons (Fsp3) is 0.875. The van der Waals surface area contributed by atoms with Gasteiger partial charge in [0.2, 0.25) is 0 Å². The molecule has 0 radical (unpaired) electrons. The Kier molecular flexibility index (Phi) is 5.93. The number of hydrogen-bond acceptors (Lipinski definition) is 3. The Hall–Kier alpha value is -0.0982. The highest BCUT2D eigenvalue weighted by Crippen LogP contribution is 2.47. The standard InChI is InChI=1S/C16H33BO3Si/c1-10-11-12-14(21(8,9)18-7)13(2)17-19-15(3,4)16(5,6)20-17/h10,13-14H,1,11-12H2,2-9H3/t13-,14+/m0/s1. The van der Waals surface area contributed by atoms with Gasteiger partial charge in [0.15, 0.2) is 8.32 Å². The summed E-state index contributed by atoms with van der Waals surface area (Å²) in [7, 11) is -0.0981. The van der Waals surface area contributed by atoms with E-state index in [1.54, 1.807) is 0 Å². The summed E-state index contributed by atoms with van der Waals surface area (Å²) in [5.74, 6) is 0.313. The predicted molar refractivity (Wildman–Crippen MR) is 93.2 cm³/mol. The van der Waals surface area contributed by atoms with Crippen LogP contribution in [-0.4, -0.2) is 33.7 Å². The van der Waals surface area contributed by atoms with E-state index in [9.17, 15) is 0 Å². The fourth-order valence-electron chi connectivity index (χ4n) is 2.99. The molecule has 0 aliphatic carbocycles. The van der Waals surface area contributed by atoms with Crippen molar-refractivity contribution in [2.24, 2.45) is 0 Å². The van der Waals surface area contributed by atoms with Gasteiger partial charge in [-0.25, -0.2) is 0 Å². The Bertz CT molecular complexity index is 353. The van der Waals surface area contributed by atoms with Gasteiger partial charge in [-0.2, -0.15) is 0 Å². The second-order valence-corrected chi connectivity index (χ2v) is 12.1. The van der Waals surface area contributed by atoms with E-state index in [-0.39, 0.29) is 18.3 Å². The van der Waals surface area contributed by atoms with Gasteiger partial charge in [-0.05, 0) is 65.0 Å². The van der Waals surface area contributed by atoms with Crippen molar-refractivity contribution >= 4 is 15.4 Å². The SMILES string of the molecule is C=CCC[C@H]([C@H](C)B1OC(C)(C)C(C)(C)O1)[Si](C)(C)OC. The van der Waals surface area contributed by atoms with Crippen molar-refractivity contribution in [3.63, 3.8) is 0 Å². The van der Waals surface area contributed by atoms with E-state index in [4.69, 9.17) is 13.7 Å². The van der Waals surface area contributed by atoms with Gasteiger partial charge in [-0.1, -0.05) is 13.0 Å². The molecule has 1 heterocycles. The van der Waals surface area contributed by atoms with Gasteiger partial charge in [-0.3, -0.25) is 0 Å². The van der Waals surface area contributed by atoms with E-state index >= 15 is 0 Å². The minimum absolute atomic E-state index is 0.160. The molecule has 1 rings (SSSR count). The lowest BCUT2D eigenvalue weighted by molar-refractivity contribution is 0.00578. The summed E-state index contributed by atoms with van der Waals surface area (Å²) < 4.78 is 18.4. The van der Waals surface area contributed by atoms with Crippen LogP contribution in [0.5, 0.6) is 0 Å². The lowest BCUT2D eigenvalue weighted by Crippen LogP contribution is -2.41. The summed E-state index contributed by atoms with van der Waals surface area (Å²) in [5.41, 5.74) is -0.0586. The minimum atomic E-state index is -1.78. The van der Waals surface area contributed by atoms with Crippen LogP contribution in [0.25, 0.3) is 0 Å². The fourth-order valence-corrected chi connectivity index (χ4v) is 5.57. The smallest absolute Gasteiger partial charge is 0.420 e. The van der Waals surface area contributed by atoms with E-state index in [1.165, 1.54) is 0 Å². The van der Waals surface area contributed by atoms with E-state index < -0.39 is 8.32 Å². The zero-order valence-corrected chi connectivity index (χ0v) is 16.2. The molecule has 0 unspecified atom stereocenters. The maximum Gasteiger partial charge on any atom is 0.460 e. The molecule has 0 spiro atoms. The van der Waals surface area contributed by atoms with E-state index in [2.05, 4.69) is 54.3 Å². The summed E-state index contributed by atoms with van der Waals surface area (Å²) in [6, 6.07) is 0. The molecule has 21 heavy (non-hydrogen) atoms. The third kappa shape index (κ3) is 4.01. The zero-order chi connectivity index (χ0) is 16.5. The van der Waals surface area contributed by atoms with Crippen LogP contribution >= 0.6 is 0 Å². The molecule has 0 saturated carbocycles. The Morgan fingerprint density at radius 1 is 1.19 bits per heavy atom. The Balaban J connectivity index is 2.92. The maximum absolute atomic E-state index is 6.25. The van der Waals surface area contributed by atoms with Gasteiger partial charge < -0.3 is 13.7 Å². The molecule has 2 atom stereocenters. The van der Waals surface area contributed by atoms with Gasteiger partial charge in [0.1, 0.15) is 0 Å². The first kappa shape index (κ1) is 18.9. The first-order valence-corrected chi connectivity index (χ1v) is 11.0. The lowest BCUT2D eigenvalue weighted by atomic mass is 9.70. The molecule has 0 N–H and O–H groups in total. The first-order valence-electron chi connectivity index (χ1n) is 8.00. The molecule has 1 saturated heterocycles. The normalized spacial score (nSPS) is 23.9. The Morgan fingerprint density at radius 3 is 2.05 bits per heavy atom. The highest BCUT2D eigenvalue weighted by Gasteiger charge is 2.55. The third-order valence-electron chi connectivity index (χ3n) is 5.44. The van der Waals surface area contributed by atoms with Crippen LogP contribution in [0.1, 0.15) is 47.5 Å². The molecule has 1 aliphatic rings. The number of rotatable bonds is 7. The number of allylic oxidation sites excluding steroid dienone is 1. The average molecular weight is 312 g/mol. The predicted octanol–water partition coefficient (Wildman–Crippen LogP) is 4.66. The second-order valence-electron chi connectivity index (χ2n) is 7.76. The van der Waals surface area contributed by atoms with Gasteiger partial charge in [0.25, 0.3) is 0 Å². The molecule has 122 valence electrons. The summed E-state index contributed by atoms with van der Waals surface area (Å²) in [6.45, 7) is 19.1. The van der Waals surface area contributed by atoms with E-state index in [0.29, 0.717) is 11.4 Å². The monoisotopic (exact) mass is 312 g/mol. The van der Waals surface area contributed by atoms with Crippen LogP contribution in [0.4, 0.5) is 0 Å². The van der Waals surface area contributed by atoms with E-state index in [0.717, 1.165) is 12.8 Å². The summed E-state index contributed by atoms with van der Waals surface area (Å²) >= 11 is 0. The Morgan fingerprint density at radius 2 is 1.67 bits per heavy atom. The van der Waals surface area contributed by atoms with Crippen molar-refractivity contribution in [3.05, 3.63) is 12.7 Å². The van der Waals surface area contributed by atoms with Crippen molar-refractivity contribution in [3.8, 4) is 0 Å². The summed E-state index contributed by atoms with van der Waals surface area (Å²) in [6.07, 6.45) is 4.08. The average Bonchev–Trinajstić information content (AvgIpc) is 2.58. The third-order valence-corrected chi connectivity index (χ3v) is 9.09. The van der Waals surface area contributed by atoms with Crippen LogP contribution < -0.4 is 0 Å². The van der Waals surface area contributed by atoms with Crippen molar-refractivity contribution < 1.29 is 13.7 Å². The first-order chi connectivity index (χ1) is 9.48. The van der Waals surface area contributed by atoms with Gasteiger partial charge in [0.05, 0.1) is 11.2 Å². The topological polar surface area (TPSA) is 27.7 Å². The van der Waals surface area contributed by atoms with E-state index in [1.807, 2.05) is 13.2 Å². The highest BCUT2D eigenvalue weighted by atomic mass is 28.4. The lowest BCUT2D eigenvalue weighted by Gasteiger charge is -2.36. The largest absolute Gasteiger partial charge is 0.460 e. The molecule has 3 nitrogen and oxygen atoms in total. The maximum atomic E-state index is 6.25. The van der Waals surface area contributed by atoms with Gasteiger partial charge in [0, 0.05) is 7.11 Å². The molecule has 0 aromatic carbocycles. The van der Waals surface area contributed by atoms with Crippen molar-refractivity contribution in [2.45, 2.75) is 83.1 Å². The zero-order valence-electron chi connectivity index (χ0n) is 15.2. The Labute approximate surface area is 132 Å². The van der Waals surface area contributed by atoms with Crippen molar-refractivity contribution in [1.82, 2.24) is 0 Å². The molecule has 5 heteroatoms. The van der Waals surface area contributed by atoms with Crippen LogP contribution in [0.15, 0.2) is 12.7 Å². The van der Waals surface area contributed by atoms with Crippen LogP contribution in [0.2, 0.25) is 24.5 Å². The highest BCUT2D eigenvalue weighted by molar-refractivity contribution is 6.74. The molecular formula is C16H33BO3Si. The molecule has 0 bridgehead atoms. The molecular weight excluding hydrogens is 279 g/mol. The van der Waals surface area contributed by atoms with Crippen molar-refractivity contribution in [1.29, 1.82) is 0 Å². The molecule has 0 aromatic heterocycles. The minimum Gasteiger partial charge on any atom is -0.420 e. The molecule has 1 fully saturated rings. The van der Waals surface area contributed by atoms with Gasteiger partial charge >= 0.3 is 7.12 Å².